The maximum atomic E-state index is 11.9. The summed E-state index contributed by atoms with van der Waals surface area (Å²) in [6.45, 7) is 0.361. The number of sulfone groups is 1. The van der Waals surface area contributed by atoms with Crippen molar-refractivity contribution in [1.82, 2.24) is 0 Å². The molecule has 1 aliphatic rings. The number of nitrogens with one attached hydrogen (secondary N) is 1. The van der Waals surface area contributed by atoms with Crippen molar-refractivity contribution < 1.29 is 17.9 Å². The second kappa shape index (κ2) is 3.79. The summed E-state index contributed by atoms with van der Waals surface area (Å²) in [5, 5.41) is 2.95. The minimum atomic E-state index is -3.39. The fourth-order valence-electron chi connectivity index (χ4n) is 1.70. The predicted octanol–water partition coefficient (Wildman–Crippen LogP) is 0.672. The Bertz CT molecular complexity index is 536. The van der Waals surface area contributed by atoms with Gasteiger partial charge in [0.15, 0.2) is 9.84 Å². The topological polar surface area (TPSA) is 72.5 Å². The smallest absolute Gasteiger partial charge is 0.339 e. The van der Waals surface area contributed by atoms with Gasteiger partial charge in [0.2, 0.25) is 0 Å². The minimum Gasteiger partial charge on any atom is -0.465 e. The van der Waals surface area contributed by atoms with Gasteiger partial charge in [0, 0.05) is 6.54 Å². The third-order valence-corrected chi connectivity index (χ3v) is 4.22. The number of anilines is 1. The maximum absolute atomic E-state index is 11.9. The van der Waals surface area contributed by atoms with E-state index in [0.717, 1.165) is 0 Å². The van der Waals surface area contributed by atoms with Crippen LogP contribution in [0.2, 0.25) is 0 Å². The first kappa shape index (κ1) is 10.9. The molecule has 0 aliphatic carbocycles. The van der Waals surface area contributed by atoms with Crippen LogP contribution in [0.25, 0.3) is 0 Å². The van der Waals surface area contributed by atoms with Gasteiger partial charge in [-0.05, 0) is 12.1 Å². The van der Waals surface area contributed by atoms with Crippen molar-refractivity contribution >= 4 is 21.5 Å². The summed E-state index contributed by atoms with van der Waals surface area (Å²) >= 11 is 0. The number of methoxy groups -OCH3 is 1. The Kier molecular flexibility index (Phi) is 2.59. The van der Waals surface area contributed by atoms with Crippen LogP contribution >= 0.6 is 0 Å². The van der Waals surface area contributed by atoms with Crippen molar-refractivity contribution in [3.05, 3.63) is 23.8 Å². The molecule has 0 aromatic heterocycles. The molecule has 0 radical (unpaired) electrons. The summed E-state index contributed by atoms with van der Waals surface area (Å²) in [5.41, 5.74) is 0.557. The van der Waals surface area contributed by atoms with Crippen LogP contribution in [0.1, 0.15) is 10.4 Å². The average Bonchev–Trinajstić information content (AvgIpc) is 2.27. The van der Waals surface area contributed by atoms with Crippen molar-refractivity contribution in [1.29, 1.82) is 0 Å². The molecule has 0 spiro atoms. The van der Waals surface area contributed by atoms with Gasteiger partial charge in [-0.1, -0.05) is 6.07 Å². The predicted molar refractivity (Wildman–Crippen MR) is 58.3 cm³/mol. The SMILES string of the molecule is COC(=O)c1cccc2c1S(=O)(=O)CCN2. The molecule has 2 rings (SSSR count). The van der Waals surface area contributed by atoms with Gasteiger partial charge in [-0.25, -0.2) is 13.2 Å². The van der Waals surface area contributed by atoms with Crippen molar-refractivity contribution in [2.75, 3.05) is 24.7 Å². The highest BCUT2D eigenvalue weighted by Gasteiger charge is 2.29. The number of carbonyl (C=O) groups excluding carboxylic acids is 1. The molecule has 0 atom stereocenters. The van der Waals surface area contributed by atoms with Crippen molar-refractivity contribution in [2.45, 2.75) is 4.90 Å². The highest BCUT2D eigenvalue weighted by Crippen LogP contribution is 2.29. The van der Waals surface area contributed by atoms with E-state index in [1.165, 1.54) is 13.2 Å². The van der Waals surface area contributed by atoms with Crippen LogP contribution in [0, 0.1) is 0 Å². The molecule has 1 aromatic rings. The third kappa shape index (κ3) is 1.65. The van der Waals surface area contributed by atoms with Gasteiger partial charge in [0.05, 0.1) is 24.1 Å². The largest absolute Gasteiger partial charge is 0.465 e. The van der Waals surface area contributed by atoms with Crippen LogP contribution in [0.3, 0.4) is 0 Å². The highest BCUT2D eigenvalue weighted by atomic mass is 32.2. The van der Waals surface area contributed by atoms with Gasteiger partial charge in [0.1, 0.15) is 4.90 Å². The van der Waals surface area contributed by atoms with Gasteiger partial charge in [-0.15, -0.1) is 0 Å². The van der Waals surface area contributed by atoms with Crippen molar-refractivity contribution in [3.63, 3.8) is 0 Å². The lowest BCUT2D eigenvalue weighted by atomic mass is 10.2. The number of fused-ring (bicyclic) bond motifs is 1. The van der Waals surface area contributed by atoms with E-state index >= 15 is 0 Å². The van der Waals surface area contributed by atoms with Gasteiger partial charge < -0.3 is 10.1 Å². The molecular weight excluding hydrogens is 230 g/mol. The first-order valence-corrected chi connectivity index (χ1v) is 6.39. The molecule has 86 valence electrons. The molecule has 1 N–H and O–H groups in total. The summed E-state index contributed by atoms with van der Waals surface area (Å²) in [5.74, 6) is -0.641. The first-order chi connectivity index (χ1) is 7.56. The summed E-state index contributed by atoms with van der Waals surface area (Å²) in [4.78, 5) is 11.5. The van der Waals surface area contributed by atoms with E-state index in [1.807, 2.05) is 0 Å². The zero-order chi connectivity index (χ0) is 11.8. The average molecular weight is 241 g/mol. The Balaban J connectivity index is 2.70. The Morgan fingerprint density at radius 3 is 2.88 bits per heavy atom. The molecule has 6 heteroatoms. The first-order valence-electron chi connectivity index (χ1n) is 4.74. The van der Waals surface area contributed by atoms with Gasteiger partial charge in [-0.3, -0.25) is 0 Å². The van der Waals surface area contributed by atoms with Crippen LogP contribution in [0.15, 0.2) is 23.1 Å². The Labute approximate surface area is 93.3 Å². The molecular formula is C10H11NO4S. The van der Waals surface area contributed by atoms with E-state index in [4.69, 9.17) is 0 Å². The minimum absolute atomic E-state index is 0.00594. The number of hydrogen-bond donors (Lipinski definition) is 1. The lowest BCUT2D eigenvalue weighted by molar-refractivity contribution is 0.0596. The van der Waals surface area contributed by atoms with Crippen LogP contribution < -0.4 is 5.32 Å². The Morgan fingerprint density at radius 1 is 1.44 bits per heavy atom. The van der Waals surface area contributed by atoms with Gasteiger partial charge >= 0.3 is 5.97 Å². The number of hydrogen-bond acceptors (Lipinski definition) is 5. The van der Waals surface area contributed by atoms with Crippen LogP contribution in [-0.2, 0) is 14.6 Å². The number of benzene rings is 1. The van der Waals surface area contributed by atoms with E-state index in [1.54, 1.807) is 12.1 Å². The standard InChI is InChI=1S/C10H11NO4S/c1-15-10(12)7-3-2-4-8-9(7)16(13,14)6-5-11-8/h2-4,11H,5-6H2,1H3. The Hall–Kier alpha value is -1.56. The fraction of sp³-hybridized carbons (Fsp3) is 0.300. The number of esters is 1. The second-order valence-corrected chi connectivity index (χ2v) is 5.47. The molecule has 0 amide bonds. The number of rotatable bonds is 1. The lowest BCUT2D eigenvalue weighted by Gasteiger charge is -2.20. The molecule has 0 saturated heterocycles. The number of ether oxygens (including phenoxy) is 1. The van der Waals surface area contributed by atoms with Crippen LogP contribution in [-0.4, -0.2) is 33.8 Å². The number of carbonyl (C=O) groups is 1. The van der Waals surface area contributed by atoms with E-state index < -0.39 is 15.8 Å². The van der Waals surface area contributed by atoms with E-state index in [9.17, 15) is 13.2 Å². The van der Waals surface area contributed by atoms with E-state index in [-0.39, 0.29) is 16.2 Å². The molecule has 0 unspecified atom stereocenters. The Morgan fingerprint density at radius 2 is 2.19 bits per heavy atom. The van der Waals surface area contributed by atoms with Crippen LogP contribution in [0.4, 0.5) is 5.69 Å². The van der Waals surface area contributed by atoms with Gasteiger partial charge in [0.25, 0.3) is 0 Å². The molecule has 0 fully saturated rings. The maximum Gasteiger partial charge on any atom is 0.339 e. The highest BCUT2D eigenvalue weighted by molar-refractivity contribution is 7.91. The second-order valence-electron chi connectivity index (χ2n) is 3.42. The zero-order valence-corrected chi connectivity index (χ0v) is 9.50. The summed E-state index contributed by atoms with van der Waals surface area (Å²) in [6, 6.07) is 4.71. The van der Waals surface area contributed by atoms with E-state index in [2.05, 4.69) is 10.1 Å². The monoisotopic (exact) mass is 241 g/mol. The molecule has 1 aliphatic heterocycles. The molecule has 0 bridgehead atoms. The molecule has 16 heavy (non-hydrogen) atoms. The molecule has 5 nitrogen and oxygen atoms in total. The summed E-state index contributed by atoms with van der Waals surface area (Å²) in [6.07, 6.45) is 0. The fourth-order valence-corrected chi connectivity index (χ4v) is 3.24. The summed E-state index contributed by atoms with van der Waals surface area (Å²) < 4.78 is 28.3. The summed E-state index contributed by atoms with van der Waals surface area (Å²) in [7, 11) is -2.16. The van der Waals surface area contributed by atoms with E-state index in [0.29, 0.717) is 12.2 Å². The molecule has 0 saturated carbocycles. The molecule has 1 aromatic carbocycles. The quantitative estimate of drug-likeness (QED) is 0.732. The van der Waals surface area contributed by atoms with Gasteiger partial charge in [-0.2, -0.15) is 0 Å². The van der Waals surface area contributed by atoms with Crippen molar-refractivity contribution in [3.8, 4) is 0 Å². The van der Waals surface area contributed by atoms with Crippen LogP contribution in [0.5, 0.6) is 0 Å². The lowest BCUT2D eigenvalue weighted by Crippen LogP contribution is -2.25. The third-order valence-electron chi connectivity index (χ3n) is 2.42. The zero-order valence-electron chi connectivity index (χ0n) is 8.69. The molecule has 1 heterocycles. The van der Waals surface area contributed by atoms with Crippen molar-refractivity contribution in [2.24, 2.45) is 0 Å². The normalized spacial score (nSPS) is 17.1.